The minimum absolute atomic E-state index is 0.232. The highest BCUT2D eigenvalue weighted by molar-refractivity contribution is 6.00. The number of carbonyl (C=O) groups is 1. The van der Waals surface area contributed by atoms with Crippen LogP contribution in [0.3, 0.4) is 0 Å². The number of likely N-dealkylation sites (N-methyl/N-ethyl adjacent to an activating group) is 1. The molecule has 2 aromatic rings. The summed E-state index contributed by atoms with van der Waals surface area (Å²) in [5.74, 6) is -0.606. The van der Waals surface area contributed by atoms with Gasteiger partial charge in [-0.1, -0.05) is 18.2 Å². The Morgan fingerprint density at radius 1 is 1.48 bits per heavy atom. The van der Waals surface area contributed by atoms with Gasteiger partial charge in [-0.15, -0.1) is 0 Å². The van der Waals surface area contributed by atoms with E-state index >= 15 is 0 Å². The number of alkyl halides is 1. The number of fused-ring (bicyclic) bond motifs is 2. The molecule has 0 spiro atoms. The maximum absolute atomic E-state index is 13.6. The van der Waals surface area contributed by atoms with Crippen molar-refractivity contribution in [2.45, 2.75) is 38.5 Å². The summed E-state index contributed by atoms with van der Waals surface area (Å²) in [5.41, 5.74) is 6.01. The van der Waals surface area contributed by atoms with Crippen LogP contribution in [0.5, 0.6) is 0 Å². The van der Waals surface area contributed by atoms with Crippen LogP contribution in [0.4, 0.5) is 4.39 Å². The average molecular weight is 371 g/mol. The van der Waals surface area contributed by atoms with E-state index in [4.69, 9.17) is 0 Å². The van der Waals surface area contributed by atoms with E-state index in [1.54, 1.807) is 0 Å². The van der Waals surface area contributed by atoms with Crippen molar-refractivity contribution in [3.63, 3.8) is 0 Å². The van der Waals surface area contributed by atoms with Crippen LogP contribution in [0.1, 0.15) is 23.7 Å². The highest BCUT2D eigenvalue weighted by Crippen LogP contribution is 2.41. The molecule has 1 aromatic carbocycles. The number of benzene rings is 1. The van der Waals surface area contributed by atoms with Gasteiger partial charge in [0.05, 0.1) is 18.6 Å². The lowest BCUT2D eigenvalue weighted by molar-refractivity contribution is -0.125. The third-order valence-electron chi connectivity index (χ3n) is 6.02. The molecule has 1 aromatic heterocycles. The number of nitrogens with one attached hydrogen (secondary N) is 2. The fourth-order valence-electron chi connectivity index (χ4n) is 4.48. The van der Waals surface area contributed by atoms with Gasteiger partial charge in [0, 0.05) is 29.2 Å². The monoisotopic (exact) mass is 371 g/mol. The van der Waals surface area contributed by atoms with Gasteiger partial charge in [-0.25, -0.2) is 4.39 Å². The highest BCUT2D eigenvalue weighted by Gasteiger charge is 2.36. The maximum Gasteiger partial charge on any atom is 0.228 e. The molecule has 0 saturated heterocycles. The molecular weight excluding hydrogens is 345 g/mol. The zero-order valence-electron chi connectivity index (χ0n) is 15.9. The summed E-state index contributed by atoms with van der Waals surface area (Å²) in [6.07, 6.45) is 1.66. The third-order valence-corrected chi connectivity index (χ3v) is 6.02. The highest BCUT2D eigenvalue weighted by atomic mass is 19.1. The van der Waals surface area contributed by atoms with Gasteiger partial charge < -0.3 is 15.4 Å². The molecule has 2 heterocycles. The lowest BCUT2D eigenvalue weighted by Gasteiger charge is -2.40. The molecule has 1 aliphatic carbocycles. The Kier molecular flexibility index (Phi) is 4.56. The standard InChI is InChI=1S/C21H26FN3O2/c1-11(22)18(10-26)24-21(27)13-7-16-14-5-4-6-17-20(14)15(12(2)23-17)8-19(16)25(3)9-13/h4-7,11,13,18-19,23,26H,8-10H2,1-3H3,(H,24,27). The van der Waals surface area contributed by atoms with Gasteiger partial charge in [-0.05, 0) is 50.1 Å². The topological polar surface area (TPSA) is 68.4 Å². The normalized spacial score (nSPS) is 24.3. The van der Waals surface area contributed by atoms with Crippen LogP contribution in [0, 0.1) is 12.8 Å². The molecule has 144 valence electrons. The number of halogens is 1. The molecule has 4 rings (SSSR count). The first kappa shape index (κ1) is 18.2. The van der Waals surface area contributed by atoms with E-state index in [1.165, 1.54) is 29.1 Å². The van der Waals surface area contributed by atoms with Crippen molar-refractivity contribution in [1.82, 2.24) is 15.2 Å². The van der Waals surface area contributed by atoms with Gasteiger partial charge in [0.15, 0.2) is 0 Å². The van der Waals surface area contributed by atoms with Crippen molar-refractivity contribution in [2.75, 3.05) is 20.2 Å². The summed E-state index contributed by atoms with van der Waals surface area (Å²) in [4.78, 5) is 18.4. The van der Waals surface area contributed by atoms with Gasteiger partial charge in [0.2, 0.25) is 5.91 Å². The second-order valence-corrected chi connectivity index (χ2v) is 7.82. The predicted molar refractivity (Wildman–Crippen MR) is 104 cm³/mol. The average Bonchev–Trinajstić information content (AvgIpc) is 2.96. The summed E-state index contributed by atoms with van der Waals surface area (Å²) in [7, 11) is 2.03. The van der Waals surface area contributed by atoms with Gasteiger partial charge in [0.25, 0.3) is 0 Å². The van der Waals surface area contributed by atoms with Gasteiger partial charge in [-0.3, -0.25) is 9.69 Å². The quantitative estimate of drug-likeness (QED) is 0.772. The van der Waals surface area contributed by atoms with Gasteiger partial charge in [0.1, 0.15) is 6.17 Å². The fourth-order valence-corrected chi connectivity index (χ4v) is 4.48. The van der Waals surface area contributed by atoms with Crippen LogP contribution >= 0.6 is 0 Å². The third kappa shape index (κ3) is 2.97. The number of rotatable bonds is 4. The van der Waals surface area contributed by atoms with Crippen molar-refractivity contribution < 1.29 is 14.3 Å². The van der Waals surface area contributed by atoms with E-state index in [-0.39, 0.29) is 17.9 Å². The second-order valence-electron chi connectivity index (χ2n) is 7.82. The molecule has 0 fully saturated rings. The molecule has 3 N–H and O–H groups in total. The first-order valence-corrected chi connectivity index (χ1v) is 9.48. The lowest BCUT2D eigenvalue weighted by atomic mass is 9.79. The number of aliphatic hydroxyl groups excluding tert-OH is 1. The van der Waals surface area contributed by atoms with E-state index < -0.39 is 18.8 Å². The number of H-pyrrole nitrogens is 1. The molecule has 4 atom stereocenters. The molecule has 0 bridgehead atoms. The van der Waals surface area contributed by atoms with Crippen molar-refractivity contribution in [3.8, 4) is 0 Å². The Labute approximate surface area is 158 Å². The molecule has 6 heteroatoms. The SMILES string of the molecule is Cc1[nH]c2cccc3c2c1CC1C3=CC(C(=O)NC(CO)C(C)F)CN1C. The first-order chi connectivity index (χ1) is 12.9. The molecule has 27 heavy (non-hydrogen) atoms. The number of aryl methyl sites for hydroxylation is 1. The van der Waals surface area contributed by atoms with E-state index in [0.717, 1.165) is 17.5 Å². The van der Waals surface area contributed by atoms with Crippen LogP contribution in [-0.4, -0.2) is 59.4 Å². The molecule has 0 radical (unpaired) electrons. The smallest absolute Gasteiger partial charge is 0.228 e. The number of aliphatic hydroxyl groups is 1. The first-order valence-electron chi connectivity index (χ1n) is 9.48. The largest absolute Gasteiger partial charge is 0.394 e. The van der Waals surface area contributed by atoms with Gasteiger partial charge >= 0.3 is 0 Å². The van der Waals surface area contributed by atoms with Gasteiger partial charge in [-0.2, -0.15) is 0 Å². The number of aromatic nitrogens is 1. The van der Waals surface area contributed by atoms with Crippen LogP contribution in [0.25, 0.3) is 16.5 Å². The molecule has 1 amide bonds. The van der Waals surface area contributed by atoms with Crippen LogP contribution in [0.15, 0.2) is 24.3 Å². The summed E-state index contributed by atoms with van der Waals surface area (Å²) >= 11 is 0. The van der Waals surface area contributed by atoms with Crippen LogP contribution in [-0.2, 0) is 11.2 Å². The molecule has 4 unspecified atom stereocenters. The Hall–Kier alpha value is -2.18. The van der Waals surface area contributed by atoms with Crippen molar-refractivity contribution in [2.24, 2.45) is 5.92 Å². The number of nitrogens with zero attached hydrogens (tertiary/aromatic N) is 1. The number of carbonyl (C=O) groups excluding carboxylic acids is 1. The van der Waals surface area contributed by atoms with E-state index in [0.29, 0.717) is 6.54 Å². The Morgan fingerprint density at radius 2 is 2.26 bits per heavy atom. The van der Waals surface area contributed by atoms with E-state index in [2.05, 4.69) is 34.3 Å². The van der Waals surface area contributed by atoms with Crippen molar-refractivity contribution in [3.05, 3.63) is 41.1 Å². The predicted octanol–water partition coefficient (Wildman–Crippen LogP) is 2.18. The van der Waals surface area contributed by atoms with Crippen molar-refractivity contribution >= 4 is 22.4 Å². The number of aromatic amines is 1. The Bertz CT molecular complexity index is 918. The molecule has 2 aliphatic rings. The van der Waals surface area contributed by atoms with E-state index in [1.807, 2.05) is 19.2 Å². The minimum atomic E-state index is -1.30. The van der Waals surface area contributed by atoms with E-state index in [9.17, 15) is 14.3 Å². The summed E-state index contributed by atoms with van der Waals surface area (Å²) in [6.45, 7) is 3.63. The zero-order valence-corrected chi connectivity index (χ0v) is 15.9. The number of hydrogen-bond donors (Lipinski definition) is 3. The summed E-state index contributed by atoms with van der Waals surface area (Å²) in [6, 6.07) is 5.60. The molecule has 5 nitrogen and oxygen atoms in total. The molecule has 1 aliphatic heterocycles. The van der Waals surface area contributed by atoms with Crippen molar-refractivity contribution in [1.29, 1.82) is 0 Å². The Balaban J connectivity index is 1.72. The maximum atomic E-state index is 13.6. The number of amides is 1. The Morgan fingerprint density at radius 3 is 2.96 bits per heavy atom. The van der Waals surface area contributed by atoms with Crippen LogP contribution in [0.2, 0.25) is 0 Å². The fraction of sp³-hybridized carbons (Fsp3) is 0.476. The lowest BCUT2D eigenvalue weighted by Crippen LogP contribution is -2.50. The summed E-state index contributed by atoms with van der Waals surface area (Å²) in [5, 5.41) is 13.2. The molecular formula is C21H26FN3O2. The minimum Gasteiger partial charge on any atom is -0.394 e. The summed E-state index contributed by atoms with van der Waals surface area (Å²) < 4.78 is 13.6. The zero-order chi connectivity index (χ0) is 19.3. The second kappa shape index (κ2) is 6.77. The molecule has 0 saturated carbocycles. The van der Waals surface area contributed by atoms with Crippen LogP contribution < -0.4 is 5.32 Å². The number of hydrogen-bond acceptors (Lipinski definition) is 3.